The number of piperazine rings is 1. The predicted molar refractivity (Wildman–Crippen MR) is 219 cm³/mol. The average molecular weight is 794 g/mol. The molecule has 0 aromatic heterocycles. The normalized spacial score (nSPS) is 39.4. The number of hydrogen-bond donors (Lipinski definition) is 1. The lowest BCUT2D eigenvalue weighted by molar-refractivity contribution is -0.195. The first kappa shape index (κ1) is 38.3. The van der Waals surface area contributed by atoms with Crippen LogP contribution in [0.2, 0.25) is 0 Å². The average Bonchev–Trinajstić information content (AvgIpc) is 3.31. The second kappa shape index (κ2) is 15.9. The van der Waals surface area contributed by atoms with E-state index in [9.17, 15) is 9.00 Å². The molecule has 7 unspecified atom stereocenters. The lowest BCUT2D eigenvalue weighted by Gasteiger charge is -2.57. The van der Waals surface area contributed by atoms with Gasteiger partial charge in [-0.05, 0) is 99.0 Å². The van der Waals surface area contributed by atoms with Crippen LogP contribution in [0.15, 0.2) is 53.6 Å². The van der Waals surface area contributed by atoms with Crippen LogP contribution in [0.5, 0.6) is 5.75 Å². The monoisotopic (exact) mass is 792 g/mol. The number of morpholine rings is 1. The summed E-state index contributed by atoms with van der Waals surface area (Å²) in [6.07, 6.45) is 20.8. The van der Waals surface area contributed by atoms with Crippen molar-refractivity contribution in [1.82, 2.24) is 14.5 Å². The number of ether oxygens (including phenoxy) is 3. The van der Waals surface area contributed by atoms with E-state index in [-0.39, 0.29) is 33.8 Å². The first-order valence-corrected chi connectivity index (χ1v) is 23.0. The van der Waals surface area contributed by atoms with E-state index in [1.165, 1.54) is 30.4 Å². The van der Waals surface area contributed by atoms with Crippen molar-refractivity contribution < 1.29 is 23.2 Å². The maximum Gasteiger partial charge on any atom is 0.263 e. The fraction of sp³-hybridized carbons (Fsp3) is 0.705. The van der Waals surface area contributed by atoms with Crippen molar-refractivity contribution in [2.75, 3.05) is 71.1 Å². The molecule has 2 saturated heterocycles. The molecular weight excluding hydrogens is 732 g/mol. The number of anilines is 1. The van der Waals surface area contributed by atoms with Crippen molar-refractivity contribution in [2.45, 2.75) is 99.9 Å². The molecule has 2 saturated carbocycles. The summed E-state index contributed by atoms with van der Waals surface area (Å²) in [7, 11) is 0.392. The Morgan fingerprint density at radius 1 is 1.11 bits per heavy atom. The quantitative estimate of drug-likeness (QED) is 0.262. The molecule has 1 spiro atoms. The summed E-state index contributed by atoms with van der Waals surface area (Å²) in [5.74, 6) is 1.91. The summed E-state index contributed by atoms with van der Waals surface area (Å²) in [5.41, 5.74) is 3.64. The molecule has 9 atom stereocenters. The Hall–Kier alpha value is -2.21. The van der Waals surface area contributed by atoms with Crippen LogP contribution < -0.4 is 14.4 Å². The first-order valence-electron chi connectivity index (χ1n) is 21.3. The highest BCUT2D eigenvalue weighted by atomic mass is 35.5. The number of halogens is 1. The minimum absolute atomic E-state index is 0.0386. The molecule has 1 aromatic carbocycles. The largest absolute Gasteiger partial charge is 0.490 e. The standard InChI is InChI=1S/C44H61ClN4O5S/c1-30-6-4-17-44(52-2,49-19-18-47-20-21-53-27-36(47)26-49)38-13-10-34(38)25-48-28-43(16-5-9-32-23-35(45)12-14-37(32)43)29-54-40-15-11-33(24-39(40)48)42(50)46-55(51)41(30)22-31-7-3-8-31/h4,11-12,14-15,17,24,30-31,34-36,38,41H,3,5-10,13,16,18-23,25-29H2,1-2H3,(H,46,50)/b17-4+/t30?,34?,35?,36?,38?,41?,43-,44+,55?/m0/s1. The zero-order chi connectivity index (χ0) is 37.7. The summed E-state index contributed by atoms with van der Waals surface area (Å²) in [4.78, 5) is 21.8. The fourth-order valence-electron chi connectivity index (χ4n) is 11.4. The Balaban J connectivity index is 1.11. The molecule has 0 radical (unpaired) electrons. The predicted octanol–water partition coefficient (Wildman–Crippen LogP) is 6.85. The molecule has 4 heterocycles. The van der Waals surface area contributed by atoms with E-state index in [1.807, 2.05) is 25.3 Å². The molecular formula is C44H61ClN4O5S. The van der Waals surface area contributed by atoms with Crippen molar-refractivity contribution >= 4 is 34.2 Å². The first-order chi connectivity index (χ1) is 26.7. The van der Waals surface area contributed by atoms with E-state index in [4.69, 9.17) is 25.8 Å². The molecule has 2 bridgehead atoms. The van der Waals surface area contributed by atoms with Crippen LogP contribution in [0.3, 0.4) is 0 Å². The SMILES string of the molecule is CO[C@]1(N2CCN3CCOCC3C2)/C=C/CC(C)C(CC2CCC2)S(=O)NC(=O)c2ccc3c(c2)N(CC2CCC21)C[C@@]1(CCCC2=C1C=CC(Cl)C2)CO3. The van der Waals surface area contributed by atoms with E-state index in [1.54, 1.807) is 0 Å². The summed E-state index contributed by atoms with van der Waals surface area (Å²) in [6.45, 7) is 9.90. The Bertz CT molecular complexity index is 1730. The van der Waals surface area contributed by atoms with Crippen molar-refractivity contribution in [1.29, 1.82) is 0 Å². The van der Waals surface area contributed by atoms with Gasteiger partial charge >= 0.3 is 0 Å². The number of nitrogens with zero attached hydrogens (tertiary/aromatic N) is 3. The van der Waals surface area contributed by atoms with E-state index in [0.29, 0.717) is 30.0 Å². The minimum Gasteiger partial charge on any atom is -0.490 e. The highest BCUT2D eigenvalue weighted by Gasteiger charge is 2.53. The maximum atomic E-state index is 14.2. The van der Waals surface area contributed by atoms with Crippen molar-refractivity contribution in [2.24, 2.45) is 29.1 Å². The van der Waals surface area contributed by atoms with Gasteiger partial charge in [-0.3, -0.25) is 19.3 Å². The van der Waals surface area contributed by atoms with Crippen LogP contribution in [-0.4, -0.2) is 109 Å². The van der Waals surface area contributed by atoms with Crippen LogP contribution in [0.25, 0.3) is 0 Å². The van der Waals surface area contributed by atoms with Gasteiger partial charge in [-0.2, -0.15) is 0 Å². The zero-order valence-electron chi connectivity index (χ0n) is 32.9. The van der Waals surface area contributed by atoms with Gasteiger partial charge in [-0.15, -0.1) is 11.6 Å². The van der Waals surface area contributed by atoms with Gasteiger partial charge in [0, 0.05) is 69.3 Å². The highest BCUT2D eigenvalue weighted by molar-refractivity contribution is 7.84. The van der Waals surface area contributed by atoms with E-state index < -0.39 is 16.7 Å². The highest BCUT2D eigenvalue weighted by Crippen LogP contribution is 2.52. The lowest BCUT2D eigenvalue weighted by Crippen LogP contribution is -2.67. The molecule has 8 aliphatic rings. The Labute approximate surface area is 335 Å². The molecule has 4 aliphatic carbocycles. The van der Waals surface area contributed by atoms with E-state index in [2.05, 4.69) is 50.6 Å². The number of carbonyl (C=O) groups is 1. The number of carbonyl (C=O) groups excluding carboxylic acids is 1. The number of rotatable bonds is 4. The van der Waals surface area contributed by atoms with Crippen LogP contribution in [-0.2, 0) is 20.5 Å². The van der Waals surface area contributed by atoms with Gasteiger partial charge in [0.25, 0.3) is 5.91 Å². The molecule has 11 heteroatoms. The number of alkyl halides is 1. The molecule has 4 fully saturated rings. The fourth-order valence-corrected chi connectivity index (χ4v) is 13.1. The minimum atomic E-state index is -1.53. The third-order valence-electron chi connectivity index (χ3n) is 15.0. The van der Waals surface area contributed by atoms with Crippen molar-refractivity contribution in [3.63, 3.8) is 0 Å². The Morgan fingerprint density at radius 2 is 2.00 bits per heavy atom. The molecule has 300 valence electrons. The Morgan fingerprint density at radius 3 is 2.80 bits per heavy atom. The van der Waals surface area contributed by atoms with Gasteiger partial charge < -0.3 is 19.1 Å². The summed E-state index contributed by atoms with van der Waals surface area (Å²) >= 11 is 6.69. The maximum absolute atomic E-state index is 14.2. The van der Waals surface area contributed by atoms with E-state index >= 15 is 0 Å². The summed E-state index contributed by atoms with van der Waals surface area (Å²) in [5, 5.41) is -0.0924. The van der Waals surface area contributed by atoms with Gasteiger partial charge in [0.1, 0.15) is 22.5 Å². The number of nitrogens with one attached hydrogen (secondary N) is 1. The number of hydrogen-bond acceptors (Lipinski definition) is 8. The Kier molecular flexibility index (Phi) is 11.0. The van der Waals surface area contributed by atoms with Crippen LogP contribution >= 0.6 is 11.6 Å². The number of fused-ring (bicyclic) bond motifs is 4. The molecule has 4 aliphatic heterocycles. The smallest absolute Gasteiger partial charge is 0.263 e. The molecule has 1 aromatic rings. The van der Waals surface area contributed by atoms with Gasteiger partial charge in [-0.25, -0.2) is 4.21 Å². The lowest BCUT2D eigenvalue weighted by atomic mass is 9.65. The van der Waals surface area contributed by atoms with Crippen LogP contribution in [0.1, 0.15) is 87.9 Å². The van der Waals surface area contributed by atoms with Gasteiger partial charge in [0.05, 0.1) is 36.1 Å². The number of amides is 1. The van der Waals surface area contributed by atoms with Crippen molar-refractivity contribution in [3.8, 4) is 5.75 Å². The second-order valence-electron chi connectivity index (χ2n) is 18.1. The number of allylic oxidation sites excluding steroid dienone is 4. The third-order valence-corrected chi connectivity index (χ3v) is 16.9. The topological polar surface area (TPSA) is 83.6 Å². The van der Waals surface area contributed by atoms with Gasteiger partial charge in [-0.1, -0.05) is 50.0 Å². The third kappa shape index (κ3) is 7.28. The zero-order valence-corrected chi connectivity index (χ0v) is 34.5. The molecule has 9 nitrogen and oxygen atoms in total. The van der Waals surface area contributed by atoms with Gasteiger partial charge in [0.15, 0.2) is 0 Å². The molecule has 9 rings (SSSR count). The number of methoxy groups -OCH3 is 1. The number of benzene rings is 1. The summed E-state index contributed by atoms with van der Waals surface area (Å²) < 4.78 is 36.9. The van der Waals surface area contributed by atoms with Gasteiger partial charge in [0.2, 0.25) is 0 Å². The second-order valence-corrected chi connectivity index (χ2v) is 20.1. The molecule has 55 heavy (non-hydrogen) atoms. The molecule has 1 N–H and O–H groups in total. The van der Waals surface area contributed by atoms with Crippen LogP contribution in [0.4, 0.5) is 5.69 Å². The van der Waals surface area contributed by atoms with Crippen molar-refractivity contribution in [3.05, 3.63) is 59.2 Å². The van der Waals surface area contributed by atoms with Crippen LogP contribution in [0, 0.1) is 29.1 Å². The molecule has 1 amide bonds. The van der Waals surface area contributed by atoms with E-state index in [0.717, 1.165) is 115 Å². The summed E-state index contributed by atoms with van der Waals surface area (Å²) in [6, 6.07) is 6.21.